The van der Waals surface area contributed by atoms with Crippen molar-refractivity contribution in [3.8, 4) is 0 Å². The average molecular weight is 371 g/mol. The number of nitrogens with one attached hydrogen (secondary N) is 1. The lowest BCUT2D eigenvalue weighted by molar-refractivity contribution is -0.127. The maximum absolute atomic E-state index is 12.8. The zero-order chi connectivity index (χ0) is 17.4. The Labute approximate surface area is 150 Å². The first kappa shape index (κ1) is 17.7. The van der Waals surface area contributed by atoms with Crippen LogP contribution in [0.3, 0.4) is 0 Å². The third-order valence-corrected chi connectivity index (χ3v) is 8.76. The minimum Gasteiger partial charge on any atom is -0.381 e. The van der Waals surface area contributed by atoms with Crippen LogP contribution in [0.2, 0.25) is 0 Å². The van der Waals surface area contributed by atoms with Gasteiger partial charge in [0, 0.05) is 51.2 Å². The molecule has 4 fully saturated rings. The van der Waals surface area contributed by atoms with Crippen LogP contribution in [0, 0.1) is 23.7 Å². The number of ether oxygens (including phenoxy) is 1. The lowest BCUT2D eigenvalue weighted by atomic mass is 9.87. The maximum Gasteiger partial charge on any atom is 0.223 e. The van der Waals surface area contributed by atoms with Crippen molar-refractivity contribution >= 4 is 15.7 Å². The van der Waals surface area contributed by atoms with E-state index >= 15 is 0 Å². The lowest BCUT2D eigenvalue weighted by Crippen LogP contribution is -2.48. The van der Waals surface area contributed by atoms with Crippen LogP contribution in [-0.4, -0.2) is 69.6 Å². The van der Waals surface area contributed by atoms with Crippen LogP contribution >= 0.6 is 0 Å². The number of sulfone groups is 1. The number of amides is 1. The molecule has 142 valence electrons. The third kappa shape index (κ3) is 4.03. The molecule has 3 heterocycles. The monoisotopic (exact) mass is 370 g/mol. The molecule has 7 heteroatoms. The van der Waals surface area contributed by atoms with E-state index in [4.69, 9.17) is 4.74 Å². The quantitative estimate of drug-likeness (QED) is 0.770. The van der Waals surface area contributed by atoms with Gasteiger partial charge in [0.2, 0.25) is 5.91 Å². The molecule has 6 nitrogen and oxygen atoms in total. The van der Waals surface area contributed by atoms with Gasteiger partial charge in [0.25, 0.3) is 0 Å². The topological polar surface area (TPSA) is 75.7 Å². The molecule has 0 unspecified atom stereocenters. The molecule has 3 saturated heterocycles. The van der Waals surface area contributed by atoms with Crippen LogP contribution in [-0.2, 0) is 19.4 Å². The molecule has 1 aliphatic carbocycles. The molecule has 3 aliphatic heterocycles. The summed E-state index contributed by atoms with van der Waals surface area (Å²) in [6.07, 6.45) is 5.03. The van der Waals surface area contributed by atoms with Gasteiger partial charge in [0.05, 0.1) is 11.0 Å². The Hall–Kier alpha value is -0.660. The van der Waals surface area contributed by atoms with Gasteiger partial charge >= 0.3 is 0 Å². The van der Waals surface area contributed by atoms with Crippen molar-refractivity contribution in [1.29, 1.82) is 0 Å². The summed E-state index contributed by atoms with van der Waals surface area (Å²) in [5.41, 5.74) is 0. The van der Waals surface area contributed by atoms with E-state index in [1.54, 1.807) is 0 Å². The van der Waals surface area contributed by atoms with Crippen molar-refractivity contribution in [2.45, 2.75) is 37.4 Å². The molecule has 0 aromatic rings. The Morgan fingerprint density at radius 2 is 1.80 bits per heavy atom. The molecule has 0 bridgehead atoms. The molecule has 1 amide bonds. The number of hydrogen-bond acceptors (Lipinski definition) is 5. The van der Waals surface area contributed by atoms with Crippen molar-refractivity contribution < 1.29 is 17.9 Å². The van der Waals surface area contributed by atoms with Gasteiger partial charge in [0.15, 0.2) is 9.84 Å². The van der Waals surface area contributed by atoms with Crippen LogP contribution in [0.1, 0.15) is 32.1 Å². The van der Waals surface area contributed by atoms with Gasteiger partial charge in [0.1, 0.15) is 0 Å². The predicted molar refractivity (Wildman–Crippen MR) is 94.9 cm³/mol. The van der Waals surface area contributed by atoms with Crippen molar-refractivity contribution in [1.82, 2.24) is 10.2 Å². The average Bonchev–Trinajstić information content (AvgIpc) is 3.30. The Kier molecular flexibility index (Phi) is 5.08. The lowest BCUT2D eigenvalue weighted by Gasteiger charge is -2.32. The fourth-order valence-electron chi connectivity index (χ4n) is 4.77. The van der Waals surface area contributed by atoms with Crippen LogP contribution in [0.15, 0.2) is 0 Å². The van der Waals surface area contributed by atoms with Crippen molar-refractivity contribution in [3.63, 3.8) is 0 Å². The number of carbonyl (C=O) groups excluding carboxylic acids is 1. The van der Waals surface area contributed by atoms with Gasteiger partial charge in [-0.25, -0.2) is 8.42 Å². The Morgan fingerprint density at radius 3 is 2.52 bits per heavy atom. The zero-order valence-electron chi connectivity index (χ0n) is 14.9. The molecule has 25 heavy (non-hydrogen) atoms. The third-order valence-electron chi connectivity index (χ3n) is 6.53. The van der Waals surface area contributed by atoms with Crippen LogP contribution in [0.25, 0.3) is 0 Å². The number of likely N-dealkylation sites (tertiary alicyclic amines) is 1. The summed E-state index contributed by atoms with van der Waals surface area (Å²) in [5.74, 6) is 1.33. The number of rotatable bonds is 5. The number of hydrogen-bond donors (Lipinski definition) is 1. The molecule has 3 atom stereocenters. The highest BCUT2D eigenvalue weighted by atomic mass is 32.2. The largest absolute Gasteiger partial charge is 0.381 e. The van der Waals surface area contributed by atoms with Crippen molar-refractivity contribution in [2.24, 2.45) is 23.7 Å². The van der Waals surface area contributed by atoms with E-state index in [0.29, 0.717) is 25.4 Å². The van der Waals surface area contributed by atoms with Gasteiger partial charge < -0.3 is 15.0 Å². The molecular weight excluding hydrogens is 340 g/mol. The van der Waals surface area contributed by atoms with Crippen molar-refractivity contribution in [2.75, 3.05) is 45.1 Å². The molecule has 0 spiro atoms. The normalized spacial score (nSPS) is 36.1. The summed E-state index contributed by atoms with van der Waals surface area (Å²) in [4.78, 5) is 15.1. The summed E-state index contributed by atoms with van der Waals surface area (Å²) < 4.78 is 30.4. The molecule has 1 saturated carbocycles. The smallest absolute Gasteiger partial charge is 0.223 e. The molecular formula is C18H30N2O4S. The van der Waals surface area contributed by atoms with E-state index in [2.05, 4.69) is 10.2 Å². The second-order valence-corrected chi connectivity index (χ2v) is 10.8. The molecule has 4 rings (SSSR count). The van der Waals surface area contributed by atoms with E-state index in [1.807, 2.05) is 0 Å². The van der Waals surface area contributed by atoms with Gasteiger partial charge in [-0.3, -0.25) is 4.79 Å². The summed E-state index contributed by atoms with van der Waals surface area (Å²) in [7, 11) is -3.05. The second kappa shape index (κ2) is 7.16. The summed E-state index contributed by atoms with van der Waals surface area (Å²) in [5, 5.41) is 2.79. The molecule has 1 N–H and O–H groups in total. The number of fused-ring (bicyclic) bond motifs is 1. The highest BCUT2D eigenvalue weighted by molar-refractivity contribution is 7.92. The predicted octanol–water partition coefficient (Wildman–Crippen LogP) is 0.674. The van der Waals surface area contributed by atoms with Crippen molar-refractivity contribution in [3.05, 3.63) is 0 Å². The standard InChI is InChI=1S/C18H30N2O4S/c21-18(19-9-13-3-6-24-7-4-13)15-5-8-25(22,23)17-12-20(11-16(15)17)10-14-1-2-14/h13-17H,1-12H2,(H,19,21)/t15-,16-,17-/m1/s1. The molecule has 0 aromatic carbocycles. The van der Waals surface area contributed by atoms with E-state index in [0.717, 1.165) is 45.1 Å². The first-order chi connectivity index (χ1) is 12.0. The van der Waals surface area contributed by atoms with Gasteiger partial charge in [-0.05, 0) is 43.9 Å². The van der Waals surface area contributed by atoms with Crippen LogP contribution in [0.4, 0.5) is 0 Å². The minimum absolute atomic E-state index is 0.0211. The Morgan fingerprint density at radius 1 is 1.04 bits per heavy atom. The first-order valence-corrected chi connectivity index (χ1v) is 11.5. The maximum atomic E-state index is 12.8. The van der Waals surface area contributed by atoms with Gasteiger partial charge in [-0.15, -0.1) is 0 Å². The fraction of sp³-hybridized carbons (Fsp3) is 0.944. The Bertz CT molecular complexity index is 598. The highest BCUT2D eigenvalue weighted by Crippen LogP contribution is 2.39. The molecule has 0 radical (unpaired) electrons. The van der Waals surface area contributed by atoms with Gasteiger partial charge in [-0.1, -0.05) is 0 Å². The minimum atomic E-state index is -3.05. The van der Waals surface area contributed by atoms with E-state index in [-0.39, 0.29) is 28.7 Å². The summed E-state index contributed by atoms with van der Waals surface area (Å²) in [6.45, 7) is 4.68. The zero-order valence-corrected chi connectivity index (χ0v) is 15.7. The molecule has 0 aromatic heterocycles. The van der Waals surface area contributed by atoms with E-state index in [1.165, 1.54) is 12.8 Å². The highest BCUT2D eigenvalue weighted by Gasteiger charge is 2.50. The fourth-order valence-corrected chi connectivity index (χ4v) is 6.90. The summed E-state index contributed by atoms with van der Waals surface area (Å²) >= 11 is 0. The SMILES string of the molecule is O=C(NCC1CCOCC1)[C@@H]1CCS(=O)(=O)[C@@H]2CN(CC3CC3)C[C@@H]21. The van der Waals surface area contributed by atoms with E-state index < -0.39 is 9.84 Å². The summed E-state index contributed by atoms with van der Waals surface area (Å²) in [6, 6.07) is 0. The second-order valence-electron chi connectivity index (χ2n) is 8.43. The molecule has 4 aliphatic rings. The van der Waals surface area contributed by atoms with Crippen LogP contribution in [0.5, 0.6) is 0 Å². The number of carbonyl (C=O) groups is 1. The Balaban J connectivity index is 1.37. The van der Waals surface area contributed by atoms with Gasteiger partial charge in [-0.2, -0.15) is 0 Å². The van der Waals surface area contributed by atoms with E-state index in [9.17, 15) is 13.2 Å². The van der Waals surface area contributed by atoms with Crippen LogP contribution < -0.4 is 5.32 Å². The first-order valence-electron chi connectivity index (χ1n) is 9.82. The number of nitrogens with zero attached hydrogens (tertiary/aromatic N) is 1.